The fourth-order valence-electron chi connectivity index (χ4n) is 1.55. The molecule has 0 unspecified atom stereocenters. The van der Waals surface area contributed by atoms with Crippen molar-refractivity contribution in [3.05, 3.63) is 47.2 Å². The summed E-state index contributed by atoms with van der Waals surface area (Å²) in [6.45, 7) is 0.0494. The molecule has 2 rings (SSSR count). The molecule has 5 nitrogen and oxygen atoms in total. The van der Waals surface area contributed by atoms with Gasteiger partial charge in [0.1, 0.15) is 17.5 Å². The highest BCUT2D eigenvalue weighted by atomic mass is 19.1. The molecular weight excluding hydrogens is 242 g/mol. The van der Waals surface area contributed by atoms with Gasteiger partial charge in [-0.1, -0.05) is 0 Å². The molecule has 94 valence electrons. The van der Waals surface area contributed by atoms with E-state index >= 15 is 0 Å². The van der Waals surface area contributed by atoms with Gasteiger partial charge in [0.05, 0.1) is 6.54 Å². The highest BCUT2D eigenvalue weighted by Crippen LogP contribution is 2.12. The van der Waals surface area contributed by atoms with Crippen LogP contribution in [0.25, 0.3) is 0 Å². The number of nitrogens with two attached hydrogens (primary N) is 2. The van der Waals surface area contributed by atoms with Crippen LogP contribution in [0.5, 0.6) is 0 Å². The van der Waals surface area contributed by atoms with Crippen LogP contribution in [0.15, 0.2) is 24.3 Å². The van der Waals surface area contributed by atoms with Gasteiger partial charge in [-0.05, 0) is 17.7 Å². The Morgan fingerprint density at radius 2 is 1.83 bits per heavy atom. The summed E-state index contributed by atoms with van der Waals surface area (Å²) >= 11 is 0. The number of benzene rings is 1. The first-order chi connectivity index (χ1) is 8.45. The van der Waals surface area contributed by atoms with Gasteiger partial charge >= 0.3 is 0 Å². The number of primary amides is 1. The van der Waals surface area contributed by atoms with E-state index in [4.69, 9.17) is 11.5 Å². The molecular formula is C11H10F2N4O. The minimum atomic E-state index is -0.717. The number of nitrogens with zero attached hydrogens (tertiary/aromatic N) is 2. The molecule has 0 aliphatic rings. The number of carbonyl (C=O) groups is 1. The molecule has 1 amide bonds. The molecule has 1 aromatic carbocycles. The van der Waals surface area contributed by atoms with Crippen molar-refractivity contribution in [2.75, 3.05) is 5.73 Å². The molecule has 0 spiro atoms. The van der Waals surface area contributed by atoms with E-state index < -0.39 is 17.5 Å². The average Bonchev–Trinajstić information content (AvgIpc) is 2.59. The number of anilines is 1. The number of amides is 1. The lowest BCUT2D eigenvalue weighted by Crippen LogP contribution is -2.13. The number of hydrogen-bond acceptors (Lipinski definition) is 3. The number of aromatic nitrogens is 2. The zero-order valence-electron chi connectivity index (χ0n) is 9.23. The maximum atomic E-state index is 13.0. The molecule has 1 aromatic heterocycles. The Balaban J connectivity index is 2.30. The molecule has 7 heteroatoms. The molecule has 18 heavy (non-hydrogen) atoms. The molecule has 0 atom stereocenters. The van der Waals surface area contributed by atoms with Crippen molar-refractivity contribution in [1.29, 1.82) is 0 Å². The summed E-state index contributed by atoms with van der Waals surface area (Å²) in [6, 6.07) is 4.39. The van der Waals surface area contributed by atoms with Crippen LogP contribution in [0.2, 0.25) is 0 Å². The summed E-state index contributed by atoms with van der Waals surface area (Å²) in [5.41, 5.74) is 11.0. The van der Waals surface area contributed by atoms with Gasteiger partial charge in [-0.25, -0.2) is 13.5 Å². The molecule has 0 aliphatic heterocycles. The number of halogens is 2. The smallest absolute Gasteiger partial charge is 0.269 e. The lowest BCUT2D eigenvalue weighted by atomic mass is 10.2. The Morgan fingerprint density at radius 3 is 2.33 bits per heavy atom. The first-order valence-electron chi connectivity index (χ1n) is 5.04. The summed E-state index contributed by atoms with van der Waals surface area (Å²) in [4.78, 5) is 10.9. The van der Waals surface area contributed by atoms with Crippen molar-refractivity contribution in [2.45, 2.75) is 6.54 Å². The maximum absolute atomic E-state index is 13.0. The van der Waals surface area contributed by atoms with Gasteiger partial charge < -0.3 is 11.5 Å². The second-order valence-corrected chi connectivity index (χ2v) is 3.75. The van der Waals surface area contributed by atoms with Crippen LogP contribution in [0.3, 0.4) is 0 Å². The number of hydrogen-bond donors (Lipinski definition) is 2. The number of rotatable bonds is 3. The molecule has 0 fully saturated rings. The fourth-order valence-corrected chi connectivity index (χ4v) is 1.55. The molecule has 2 aromatic rings. The van der Waals surface area contributed by atoms with Gasteiger partial charge in [-0.2, -0.15) is 5.10 Å². The van der Waals surface area contributed by atoms with Gasteiger partial charge in [-0.15, -0.1) is 0 Å². The van der Waals surface area contributed by atoms with E-state index in [0.29, 0.717) is 5.56 Å². The molecule has 0 saturated heterocycles. The fraction of sp³-hybridized carbons (Fsp3) is 0.0909. The van der Waals surface area contributed by atoms with Crippen molar-refractivity contribution in [3.8, 4) is 0 Å². The Hall–Kier alpha value is -2.44. The monoisotopic (exact) mass is 252 g/mol. The van der Waals surface area contributed by atoms with Crippen LogP contribution in [-0.4, -0.2) is 15.7 Å². The standard InChI is InChI=1S/C11H10F2N4O/c12-7-1-6(2-8(13)3-7)5-17-10(14)4-9(16-17)11(15)18/h1-4H,5,14H2,(H2,15,18). The van der Waals surface area contributed by atoms with Crippen molar-refractivity contribution in [2.24, 2.45) is 5.73 Å². The Labute approximate surface area is 101 Å². The van der Waals surface area contributed by atoms with E-state index in [-0.39, 0.29) is 18.1 Å². The molecule has 0 bridgehead atoms. The Morgan fingerprint density at radius 1 is 1.22 bits per heavy atom. The first-order valence-corrected chi connectivity index (χ1v) is 5.04. The predicted octanol–water partition coefficient (Wildman–Crippen LogP) is 0.891. The average molecular weight is 252 g/mol. The molecule has 0 aliphatic carbocycles. The lowest BCUT2D eigenvalue weighted by molar-refractivity contribution is 0.0995. The van der Waals surface area contributed by atoms with Crippen LogP contribution in [0.4, 0.5) is 14.6 Å². The summed E-state index contributed by atoms with van der Waals surface area (Å²) in [5, 5.41) is 3.84. The largest absolute Gasteiger partial charge is 0.384 e. The van der Waals surface area contributed by atoms with Crippen molar-refractivity contribution < 1.29 is 13.6 Å². The Bertz CT molecular complexity index is 589. The SMILES string of the molecule is NC(=O)c1cc(N)n(Cc2cc(F)cc(F)c2)n1. The maximum Gasteiger partial charge on any atom is 0.269 e. The summed E-state index contributed by atoms with van der Waals surface area (Å²) in [7, 11) is 0. The zero-order chi connectivity index (χ0) is 13.3. The van der Waals surface area contributed by atoms with Crippen LogP contribution >= 0.6 is 0 Å². The third-order valence-electron chi connectivity index (χ3n) is 2.32. The highest BCUT2D eigenvalue weighted by Gasteiger charge is 2.10. The Kier molecular flexibility index (Phi) is 2.97. The van der Waals surface area contributed by atoms with Gasteiger partial charge in [0.2, 0.25) is 0 Å². The van der Waals surface area contributed by atoms with Crippen molar-refractivity contribution >= 4 is 11.7 Å². The predicted molar refractivity (Wildman–Crippen MR) is 60.6 cm³/mol. The normalized spacial score (nSPS) is 10.6. The minimum Gasteiger partial charge on any atom is -0.384 e. The molecule has 4 N–H and O–H groups in total. The second kappa shape index (κ2) is 4.44. The zero-order valence-corrected chi connectivity index (χ0v) is 9.23. The van der Waals surface area contributed by atoms with Crippen LogP contribution in [0.1, 0.15) is 16.1 Å². The third-order valence-corrected chi connectivity index (χ3v) is 2.32. The van der Waals surface area contributed by atoms with Crippen LogP contribution in [-0.2, 0) is 6.54 Å². The van der Waals surface area contributed by atoms with Crippen LogP contribution < -0.4 is 11.5 Å². The quantitative estimate of drug-likeness (QED) is 0.850. The van der Waals surface area contributed by atoms with Gasteiger partial charge in [0.25, 0.3) is 5.91 Å². The van der Waals surface area contributed by atoms with Crippen LogP contribution in [0, 0.1) is 11.6 Å². The van der Waals surface area contributed by atoms with Gasteiger partial charge in [0.15, 0.2) is 5.69 Å². The highest BCUT2D eigenvalue weighted by molar-refractivity contribution is 5.91. The summed E-state index contributed by atoms with van der Waals surface area (Å²) < 4.78 is 27.2. The van der Waals surface area contributed by atoms with E-state index in [9.17, 15) is 13.6 Å². The topological polar surface area (TPSA) is 86.9 Å². The summed E-state index contributed by atoms with van der Waals surface area (Å²) in [6.07, 6.45) is 0. The van der Waals surface area contributed by atoms with E-state index in [2.05, 4.69) is 5.10 Å². The second-order valence-electron chi connectivity index (χ2n) is 3.75. The number of carbonyl (C=O) groups excluding carboxylic acids is 1. The lowest BCUT2D eigenvalue weighted by Gasteiger charge is -2.04. The van der Waals surface area contributed by atoms with Crippen molar-refractivity contribution in [1.82, 2.24) is 9.78 Å². The number of nitrogen functional groups attached to an aromatic ring is 1. The molecule has 0 radical (unpaired) electrons. The summed E-state index contributed by atoms with van der Waals surface area (Å²) in [5.74, 6) is -1.91. The minimum absolute atomic E-state index is 0.00405. The first kappa shape index (κ1) is 12.0. The van der Waals surface area contributed by atoms with Crippen molar-refractivity contribution in [3.63, 3.8) is 0 Å². The molecule has 1 heterocycles. The van der Waals surface area contributed by atoms with E-state index in [0.717, 1.165) is 18.2 Å². The van der Waals surface area contributed by atoms with Gasteiger partial charge in [-0.3, -0.25) is 4.79 Å². The third kappa shape index (κ3) is 2.45. The van der Waals surface area contributed by atoms with Gasteiger partial charge in [0, 0.05) is 12.1 Å². The molecule has 0 saturated carbocycles. The van der Waals surface area contributed by atoms with E-state index in [1.165, 1.54) is 10.7 Å². The van der Waals surface area contributed by atoms with E-state index in [1.54, 1.807) is 0 Å². The van der Waals surface area contributed by atoms with E-state index in [1.807, 2.05) is 0 Å².